The molecule has 0 aliphatic carbocycles. The molecule has 152 valence electrons. The lowest BCUT2D eigenvalue weighted by molar-refractivity contribution is 0.0958. The van der Waals surface area contributed by atoms with E-state index in [0.717, 1.165) is 41.4 Å². The van der Waals surface area contributed by atoms with Gasteiger partial charge in [0.25, 0.3) is 5.91 Å². The van der Waals surface area contributed by atoms with Crippen molar-refractivity contribution in [3.8, 4) is 0 Å². The number of nitrogens with one attached hydrogen (secondary N) is 3. The number of amides is 1. The van der Waals surface area contributed by atoms with Crippen molar-refractivity contribution in [2.75, 3.05) is 23.7 Å². The quantitative estimate of drug-likeness (QED) is 0.459. The van der Waals surface area contributed by atoms with Gasteiger partial charge in [0.15, 0.2) is 0 Å². The van der Waals surface area contributed by atoms with Crippen molar-refractivity contribution in [1.82, 2.24) is 29.9 Å². The summed E-state index contributed by atoms with van der Waals surface area (Å²) >= 11 is 1.13. The summed E-state index contributed by atoms with van der Waals surface area (Å²) in [6, 6.07) is 5.69. The monoisotopic (exact) mass is 412 g/mol. The summed E-state index contributed by atoms with van der Waals surface area (Å²) in [7, 11) is 0. The number of pyridine rings is 1. The second-order valence-corrected chi connectivity index (χ2v) is 7.26. The van der Waals surface area contributed by atoms with Gasteiger partial charge in [0.1, 0.15) is 28.2 Å². The van der Waals surface area contributed by atoms with Crippen LogP contribution in [0.1, 0.15) is 40.1 Å². The van der Waals surface area contributed by atoms with Crippen LogP contribution in [0, 0.1) is 13.8 Å². The lowest BCUT2D eigenvalue weighted by Crippen LogP contribution is -2.29. The lowest BCUT2D eigenvalue weighted by Gasteiger charge is -2.10. The van der Waals surface area contributed by atoms with Gasteiger partial charge in [0.2, 0.25) is 0 Å². The Balaban J connectivity index is 1.53. The zero-order valence-electron chi connectivity index (χ0n) is 16.7. The van der Waals surface area contributed by atoms with Crippen LogP contribution in [0.15, 0.2) is 24.4 Å². The molecule has 3 heterocycles. The zero-order valence-corrected chi connectivity index (χ0v) is 17.5. The summed E-state index contributed by atoms with van der Waals surface area (Å²) in [6.45, 7) is 6.86. The maximum Gasteiger partial charge on any atom is 0.265 e. The van der Waals surface area contributed by atoms with Crippen LogP contribution in [-0.2, 0) is 6.42 Å². The zero-order chi connectivity index (χ0) is 20.6. The Kier molecular flexibility index (Phi) is 7.01. The van der Waals surface area contributed by atoms with Crippen LogP contribution >= 0.6 is 11.5 Å². The Labute approximate surface area is 173 Å². The van der Waals surface area contributed by atoms with Crippen molar-refractivity contribution >= 4 is 34.9 Å². The Bertz CT molecular complexity index is 974. The molecule has 0 aliphatic heterocycles. The largest absolute Gasteiger partial charge is 0.368 e. The van der Waals surface area contributed by atoms with Crippen LogP contribution < -0.4 is 16.0 Å². The van der Waals surface area contributed by atoms with Gasteiger partial charge in [-0.3, -0.25) is 4.79 Å². The summed E-state index contributed by atoms with van der Waals surface area (Å²) in [5.41, 5.74) is 1.87. The second kappa shape index (κ2) is 9.87. The first-order valence-corrected chi connectivity index (χ1v) is 10.2. The normalized spacial score (nSPS) is 10.6. The van der Waals surface area contributed by atoms with Gasteiger partial charge >= 0.3 is 0 Å². The van der Waals surface area contributed by atoms with Gasteiger partial charge in [-0.1, -0.05) is 17.8 Å². The SMILES string of the molecule is CCCc1nnsc1C(=O)NCCNc1cc(Nc2cc(C)ccn2)nc(C)n1. The molecule has 0 aliphatic rings. The third kappa shape index (κ3) is 5.92. The molecule has 0 spiro atoms. The van der Waals surface area contributed by atoms with Gasteiger partial charge < -0.3 is 16.0 Å². The number of aryl methyl sites for hydroxylation is 3. The first-order valence-electron chi connectivity index (χ1n) is 9.44. The summed E-state index contributed by atoms with van der Waals surface area (Å²) in [5, 5.41) is 13.3. The molecule has 9 nitrogen and oxygen atoms in total. The molecule has 0 saturated carbocycles. The fourth-order valence-electron chi connectivity index (χ4n) is 2.69. The Morgan fingerprint density at radius 1 is 1.10 bits per heavy atom. The summed E-state index contributed by atoms with van der Waals surface area (Å²) in [4.78, 5) is 25.9. The number of carbonyl (C=O) groups is 1. The molecule has 1 amide bonds. The van der Waals surface area contributed by atoms with Crippen molar-refractivity contribution < 1.29 is 4.79 Å². The number of aromatic nitrogens is 5. The molecule has 0 atom stereocenters. The molecule has 0 bridgehead atoms. The van der Waals surface area contributed by atoms with E-state index in [-0.39, 0.29) is 5.91 Å². The van der Waals surface area contributed by atoms with Gasteiger partial charge in [-0.25, -0.2) is 15.0 Å². The minimum Gasteiger partial charge on any atom is -0.368 e. The van der Waals surface area contributed by atoms with E-state index in [9.17, 15) is 4.79 Å². The van der Waals surface area contributed by atoms with Crippen LogP contribution in [-0.4, -0.2) is 43.5 Å². The molecule has 0 fully saturated rings. The summed E-state index contributed by atoms with van der Waals surface area (Å²) in [5.74, 6) is 2.54. The minimum atomic E-state index is -0.142. The van der Waals surface area contributed by atoms with Crippen molar-refractivity contribution in [3.63, 3.8) is 0 Å². The van der Waals surface area contributed by atoms with E-state index in [0.29, 0.717) is 35.4 Å². The highest BCUT2D eigenvalue weighted by Gasteiger charge is 2.15. The van der Waals surface area contributed by atoms with Crippen LogP contribution in [0.2, 0.25) is 0 Å². The van der Waals surface area contributed by atoms with Gasteiger partial charge in [-0.2, -0.15) is 0 Å². The minimum absolute atomic E-state index is 0.142. The van der Waals surface area contributed by atoms with E-state index in [2.05, 4.69) is 40.5 Å². The van der Waals surface area contributed by atoms with Gasteiger partial charge in [-0.05, 0) is 49.5 Å². The number of nitrogens with zero attached hydrogens (tertiary/aromatic N) is 5. The van der Waals surface area contributed by atoms with E-state index in [1.54, 1.807) is 6.20 Å². The predicted molar refractivity (Wildman–Crippen MR) is 114 cm³/mol. The number of anilines is 3. The fourth-order valence-corrected chi connectivity index (χ4v) is 3.31. The van der Waals surface area contributed by atoms with Crippen LogP contribution in [0.5, 0.6) is 0 Å². The Morgan fingerprint density at radius 3 is 2.72 bits per heavy atom. The highest BCUT2D eigenvalue weighted by molar-refractivity contribution is 7.08. The van der Waals surface area contributed by atoms with E-state index in [4.69, 9.17) is 0 Å². The molecule has 3 rings (SSSR count). The van der Waals surface area contributed by atoms with Gasteiger partial charge in [0.05, 0.1) is 5.69 Å². The van der Waals surface area contributed by atoms with E-state index in [1.165, 1.54) is 0 Å². The lowest BCUT2D eigenvalue weighted by atomic mass is 10.2. The molecule has 0 saturated heterocycles. The fraction of sp³-hybridized carbons (Fsp3) is 0.368. The van der Waals surface area contributed by atoms with Crippen molar-refractivity contribution in [1.29, 1.82) is 0 Å². The van der Waals surface area contributed by atoms with Crippen molar-refractivity contribution in [2.45, 2.75) is 33.6 Å². The predicted octanol–water partition coefficient (Wildman–Crippen LogP) is 2.88. The number of carbonyl (C=O) groups excluding carboxylic acids is 1. The number of hydrogen-bond donors (Lipinski definition) is 3. The van der Waals surface area contributed by atoms with E-state index < -0.39 is 0 Å². The molecule has 3 aromatic rings. The molecule has 0 radical (unpaired) electrons. The molecular weight excluding hydrogens is 388 g/mol. The average molecular weight is 413 g/mol. The van der Waals surface area contributed by atoms with E-state index in [1.807, 2.05) is 39.0 Å². The van der Waals surface area contributed by atoms with Crippen LogP contribution in [0.3, 0.4) is 0 Å². The summed E-state index contributed by atoms with van der Waals surface area (Å²) < 4.78 is 3.88. The smallest absolute Gasteiger partial charge is 0.265 e. The van der Waals surface area contributed by atoms with Gasteiger partial charge in [-0.15, -0.1) is 5.10 Å². The molecule has 0 unspecified atom stereocenters. The van der Waals surface area contributed by atoms with Crippen LogP contribution in [0.4, 0.5) is 17.5 Å². The van der Waals surface area contributed by atoms with E-state index >= 15 is 0 Å². The number of rotatable bonds is 9. The third-order valence-corrected chi connectivity index (χ3v) is 4.74. The highest BCUT2D eigenvalue weighted by atomic mass is 32.1. The average Bonchev–Trinajstić information content (AvgIpc) is 3.13. The third-order valence-electron chi connectivity index (χ3n) is 3.97. The Morgan fingerprint density at radius 2 is 1.93 bits per heavy atom. The second-order valence-electron chi connectivity index (χ2n) is 6.51. The molecular formula is C19H24N8OS. The van der Waals surface area contributed by atoms with Gasteiger partial charge in [0, 0.05) is 25.4 Å². The highest BCUT2D eigenvalue weighted by Crippen LogP contribution is 2.16. The standard InChI is InChI=1S/C19H24N8OS/c1-4-5-14-18(29-27-26-14)19(28)22-9-8-21-16-11-17(24-13(3)23-16)25-15-10-12(2)6-7-20-15/h6-7,10-11H,4-5,8-9H2,1-3H3,(H,22,28)(H2,20,21,23,24,25). The summed E-state index contributed by atoms with van der Waals surface area (Å²) in [6.07, 6.45) is 3.43. The molecule has 3 N–H and O–H groups in total. The van der Waals surface area contributed by atoms with Crippen molar-refractivity contribution in [2.24, 2.45) is 0 Å². The molecule has 29 heavy (non-hydrogen) atoms. The van der Waals surface area contributed by atoms with Crippen molar-refractivity contribution in [3.05, 3.63) is 46.4 Å². The Hall–Kier alpha value is -3.14. The maximum atomic E-state index is 12.3. The van der Waals surface area contributed by atoms with Crippen LogP contribution in [0.25, 0.3) is 0 Å². The number of hydrogen-bond acceptors (Lipinski definition) is 9. The molecule has 10 heteroatoms. The topological polar surface area (TPSA) is 118 Å². The maximum absolute atomic E-state index is 12.3. The first-order chi connectivity index (χ1) is 14.0. The molecule has 0 aromatic carbocycles. The molecule has 3 aromatic heterocycles. The first kappa shape index (κ1) is 20.6.